The van der Waals surface area contributed by atoms with Gasteiger partial charge in [0.25, 0.3) is 0 Å². The van der Waals surface area contributed by atoms with Crippen molar-refractivity contribution in [3.05, 3.63) is 42.2 Å². The largest absolute Gasteiger partial charge is 0.383 e. The van der Waals surface area contributed by atoms with E-state index in [0.717, 1.165) is 16.0 Å². The van der Waals surface area contributed by atoms with Crippen LogP contribution >= 0.6 is 11.3 Å². The maximum Gasteiger partial charge on any atom is 0.135 e. The Hall–Kier alpha value is -1.94. The SMILES string of the molecule is Cc1nc(N)c2cc(-c3ccccc3)sc2n1. The fraction of sp³-hybridized carbons (Fsp3) is 0.0769. The topological polar surface area (TPSA) is 51.8 Å². The molecule has 0 aliphatic heterocycles. The Morgan fingerprint density at radius 1 is 1.12 bits per heavy atom. The van der Waals surface area contributed by atoms with E-state index in [4.69, 9.17) is 5.73 Å². The van der Waals surface area contributed by atoms with Gasteiger partial charge in [0, 0.05) is 4.88 Å². The van der Waals surface area contributed by atoms with E-state index in [1.807, 2.05) is 25.1 Å². The van der Waals surface area contributed by atoms with Gasteiger partial charge in [0.05, 0.1) is 5.39 Å². The zero-order valence-electron chi connectivity index (χ0n) is 9.34. The van der Waals surface area contributed by atoms with Crippen LogP contribution in [0.15, 0.2) is 36.4 Å². The Morgan fingerprint density at radius 2 is 1.88 bits per heavy atom. The number of nitrogen functional groups attached to an aromatic ring is 1. The van der Waals surface area contributed by atoms with Gasteiger partial charge in [-0.3, -0.25) is 0 Å². The molecule has 0 aliphatic carbocycles. The number of fused-ring (bicyclic) bond motifs is 1. The number of aryl methyl sites for hydroxylation is 1. The average Bonchev–Trinajstić information content (AvgIpc) is 2.74. The van der Waals surface area contributed by atoms with Gasteiger partial charge in [0.1, 0.15) is 16.5 Å². The number of hydrogen-bond acceptors (Lipinski definition) is 4. The highest BCUT2D eigenvalue weighted by Gasteiger charge is 2.09. The third-order valence-corrected chi connectivity index (χ3v) is 3.67. The van der Waals surface area contributed by atoms with E-state index in [9.17, 15) is 0 Å². The molecule has 0 saturated heterocycles. The molecule has 2 aromatic heterocycles. The van der Waals surface area contributed by atoms with Gasteiger partial charge >= 0.3 is 0 Å². The molecule has 0 unspecified atom stereocenters. The third-order valence-electron chi connectivity index (χ3n) is 2.59. The minimum absolute atomic E-state index is 0.561. The second kappa shape index (κ2) is 3.82. The van der Waals surface area contributed by atoms with Crippen LogP contribution in [0.3, 0.4) is 0 Å². The van der Waals surface area contributed by atoms with Gasteiger partial charge in [-0.05, 0) is 18.6 Å². The van der Waals surface area contributed by atoms with Crippen LogP contribution in [0.1, 0.15) is 5.82 Å². The summed E-state index contributed by atoms with van der Waals surface area (Å²) >= 11 is 1.65. The third kappa shape index (κ3) is 1.76. The number of benzene rings is 1. The molecule has 0 spiro atoms. The maximum atomic E-state index is 5.90. The first-order chi connectivity index (χ1) is 8.24. The van der Waals surface area contributed by atoms with Crippen molar-refractivity contribution in [3.63, 3.8) is 0 Å². The normalized spacial score (nSPS) is 10.9. The lowest BCUT2D eigenvalue weighted by atomic mass is 10.2. The van der Waals surface area contributed by atoms with Crippen molar-refractivity contribution in [2.45, 2.75) is 6.92 Å². The Bertz CT molecular complexity index is 674. The predicted octanol–water partition coefficient (Wildman–Crippen LogP) is 3.25. The molecule has 0 atom stereocenters. The summed E-state index contributed by atoms with van der Waals surface area (Å²) in [5.74, 6) is 1.28. The molecule has 0 saturated carbocycles. The minimum atomic E-state index is 0.561. The summed E-state index contributed by atoms with van der Waals surface area (Å²) in [4.78, 5) is 10.7. The number of thiophene rings is 1. The second-order valence-corrected chi connectivity index (χ2v) is 4.88. The van der Waals surface area contributed by atoms with E-state index in [1.54, 1.807) is 11.3 Å². The minimum Gasteiger partial charge on any atom is -0.383 e. The van der Waals surface area contributed by atoms with Gasteiger partial charge < -0.3 is 5.73 Å². The van der Waals surface area contributed by atoms with E-state index in [0.29, 0.717) is 5.82 Å². The van der Waals surface area contributed by atoms with Gasteiger partial charge in [0.2, 0.25) is 0 Å². The molecule has 4 heteroatoms. The summed E-state index contributed by atoms with van der Waals surface area (Å²) in [7, 11) is 0. The highest BCUT2D eigenvalue weighted by Crippen LogP contribution is 2.34. The Labute approximate surface area is 103 Å². The van der Waals surface area contributed by atoms with Gasteiger partial charge in [-0.2, -0.15) is 0 Å². The first-order valence-electron chi connectivity index (χ1n) is 5.33. The van der Waals surface area contributed by atoms with E-state index in [2.05, 4.69) is 28.2 Å². The zero-order valence-corrected chi connectivity index (χ0v) is 10.2. The molecule has 0 bridgehead atoms. The Balaban J connectivity index is 2.24. The van der Waals surface area contributed by atoms with Crippen molar-refractivity contribution in [2.24, 2.45) is 0 Å². The van der Waals surface area contributed by atoms with Gasteiger partial charge in [-0.25, -0.2) is 9.97 Å². The Kier molecular flexibility index (Phi) is 2.30. The molecule has 3 rings (SSSR count). The van der Waals surface area contributed by atoms with Crippen molar-refractivity contribution >= 4 is 27.4 Å². The number of aromatic nitrogens is 2. The molecule has 0 aliphatic rings. The van der Waals surface area contributed by atoms with Crippen molar-refractivity contribution in [1.82, 2.24) is 9.97 Å². The van der Waals surface area contributed by atoms with Crippen LogP contribution in [-0.4, -0.2) is 9.97 Å². The average molecular weight is 241 g/mol. The summed E-state index contributed by atoms with van der Waals surface area (Å²) in [6.45, 7) is 1.86. The number of nitrogens with zero attached hydrogens (tertiary/aromatic N) is 2. The fourth-order valence-electron chi connectivity index (χ4n) is 1.80. The van der Waals surface area contributed by atoms with E-state index < -0.39 is 0 Å². The van der Waals surface area contributed by atoms with E-state index >= 15 is 0 Å². The van der Waals surface area contributed by atoms with Crippen LogP contribution in [0, 0.1) is 6.92 Å². The van der Waals surface area contributed by atoms with Crippen LogP contribution < -0.4 is 5.73 Å². The van der Waals surface area contributed by atoms with E-state index in [1.165, 1.54) is 10.4 Å². The second-order valence-electron chi connectivity index (χ2n) is 3.85. The lowest BCUT2D eigenvalue weighted by molar-refractivity contribution is 1.11. The number of rotatable bonds is 1. The lowest BCUT2D eigenvalue weighted by Gasteiger charge is -1.95. The van der Waals surface area contributed by atoms with Crippen molar-refractivity contribution in [2.75, 3.05) is 5.73 Å². The highest BCUT2D eigenvalue weighted by molar-refractivity contribution is 7.21. The molecule has 17 heavy (non-hydrogen) atoms. The molecule has 2 heterocycles. The van der Waals surface area contributed by atoms with Gasteiger partial charge in [-0.15, -0.1) is 11.3 Å². The first-order valence-corrected chi connectivity index (χ1v) is 6.15. The number of hydrogen-bond donors (Lipinski definition) is 1. The monoisotopic (exact) mass is 241 g/mol. The highest BCUT2D eigenvalue weighted by atomic mass is 32.1. The molecule has 0 radical (unpaired) electrons. The maximum absolute atomic E-state index is 5.90. The zero-order chi connectivity index (χ0) is 11.8. The van der Waals surface area contributed by atoms with Crippen molar-refractivity contribution in [1.29, 1.82) is 0 Å². The van der Waals surface area contributed by atoms with Gasteiger partial charge in [0.15, 0.2) is 0 Å². The quantitative estimate of drug-likeness (QED) is 0.711. The molecule has 0 fully saturated rings. The standard InChI is InChI=1S/C13H11N3S/c1-8-15-12(14)10-7-11(17-13(10)16-8)9-5-3-2-4-6-9/h2-7H,1H3,(H2,14,15,16). The molecular formula is C13H11N3S. The van der Waals surface area contributed by atoms with Crippen LogP contribution in [0.5, 0.6) is 0 Å². The molecule has 84 valence electrons. The molecule has 1 aromatic carbocycles. The molecule has 3 nitrogen and oxygen atoms in total. The molecular weight excluding hydrogens is 230 g/mol. The Morgan fingerprint density at radius 3 is 2.65 bits per heavy atom. The molecule has 2 N–H and O–H groups in total. The first kappa shape index (κ1) is 10.2. The van der Waals surface area contributed by atoms with Crippen LogP contribution in [0.25, 0.3) is 20.7 Å². The van der Waals surface area contributed by atoms with E-state index in [-0.39, 0.29) is 0 Å². The summed E-state index contributed by atoms with van der Waals surface area (Å²) in [5, 5.41) is 0.944. The summed E-state index contributed by atoms with van der Waals surface area (Å²) in [6.07, 6.45) is 0. The number of anilines is 1. The smallest absolute Gasteiger partial charge is 0.135 e. The van der Waals surface area contributed by atoms with Crippen molar-refractivity contribution in [3.8, 4) is 10.4 Å². The van der Waals surface area contributed by atoms with Gasteiger partial charge in [-0.1, -0.05) is 30.3 Å². The lowest BCUT2D eigenvalue weighted by Crippen LogP contribution is -1.94. The summed E-state index contributed by atoms with van der Waals surface area (Å²) in [5.41, 5.74) is 7.09. The van der Waals surface area contributed by atoms with Crippen molar-refractivity contribution < 1.29 is 0 Å². The predicted molar refractivity (Wildman–Crippen MR) is 72.0 cm³/mol. The van der Waals surface area contributed by atoms with Crippen LogP contribution in [-0.2, 0) is 0 Å². The molecule has 3 aromatic rings. The van der Waals surface area contributed by atoms with Crippen LogP contribution in [0.4, 0.5) is 5.82 Å². The number of nitrogens with two attached hydrogens (primary N) is 1. The van der Waals surface area contributed by atoms with Crippen LogP contribution in [0.2, 0.25) is 0 Å². The molecule has 0 amide bonds. The summed E-state index contributed by atoms with van der Waals surface area (Å²) in [6, 6.07) is 12.3. The summed E-state index contributed by atoms with van der Waals surface area (Å²) < 4.78 is 0. The fourth-order valence-corrected chi connectivity index (χ4v) is 2.89.